The van der Waals surface area contributed by atoms with Crippen LogP contribution in [0.4, 0.5) is 0 Å². The molecule has 0 saturated carbocycles. The Morgan fingerprint density at radius 3 is 0.833 bits per heavy atom. The van der Waals surface area contributed by atoms with E-state index in [9.17, 15) is 0 Å². The average molecular weight is 77.2 g/mol. The first-order valence-electron chi connectivity index (χ1n) is 1.79. The molecule has 0 aromatic carbocycles. The number of hydrogen-bond acceptors (Lipinski definition) is 0. The quantitative estimate of drug-likeness (QED) is 0.254. The first-order valence-corrected chi connectivity index (χ1v) is 1.79. The summed E-state index contributed by atoms with van der Waals surface area (Å²) in [5.41, 5.74) is 0. The SMILES string of the molecule is [Cl-].[Li][N+]([Li])([Li])[Li]. The molecule has 0 fully saturated rings. The third-order valence-corrected chi connectivity index (χ3v) is 0. The predicted molar refractivity (Wildman–Crippen MR) is 23.3 cm³/mol. The van der Waals surface area contributed by atoms with Gasteiger partial charge >= 0.3 is 71.5 Å². The summed E-state index contributed by atoms with van der Waals surface area (Å²) in [5, 5.41) is 0. The van der Waals surface area contributed by atoms with Crippen LogP contribution in [0.15, 0.2) is 0 Å². The monoisotopic (exact) mass is 77.0 g/mol. The number of rotatable bonds is 0. The minimum absolute atomic E-state index is 0. The molecule has 16 valence electrons. The van der Waals surface area contributed by atoms with Gasteiger partial charge in [0.2, 0.25) is 0 Å². The molecule has 0 aliphatic rings. The van der Waals surface area contributed by atoms with E-state index < -0.39 is 0 Å². The van der Waals surface area contributed by atoms with E-state index in [0.717, 1.165) is -0.262 Å². The molecule has 0 aromatic heterocycles. The van der Waals surface area contributed by atoms with Crippen molar-refractivity contribution in [2.45, 2.75) is 0 Å². The number of nitrogens with zero attached hydrogens (tertiary/aromatic N) is 1. The Labute approximate surface area is 82.8 Å². The summed E-state index contributed by atoms with van der Waals surface area (Å²) in [6, 6.07) is 0. The van der Waals surface area contributed by atoms with Gasteiger partial charge in [0.25, 0.3) is 0 Å². The minimum atomic E-state index is 0. The molecule has 0 N–H and O–H groups in total. The van der Waals surface area contributed by atoms with E-state index in [4.69, 9.17) is 0 Å². The van der Waals surface area contributed by atoms with Gasteiger partial charge in [0.15, 0.2) is 0 Å². The van der Waals surface area contributed by atoms with E-state index in [-0.39, 0.29) is 12.4 Å². The molecule has 6 heavy (non-hydrogen) atoms. The summed E-state index contributed by atoms with van der Waals surface area (Å²) in [4.78, 5) is 0. The summed E-state index contributed by atoms with van der Waals surface area (Å²) in [7, 11) is 0. The molecule has 0 radical (unpaired) electrons. The third kappa shape index (κ3) is 30.3. The van der Waals surface area contributed by atoms with Gasteiger partial charge < -0.3 is 12.4 Å². The van der Waals surface area contributed by atoms with Gasteiger partial charge in [0.1, 0.15) is 0 Å². The van der Waals surface area contributed by atoms with Crippen LogP contribution < -0.4 is 12.4 Å². The van der Waals surface area contributed by atoms with Crippen molar-refractivity contribution in [1.29, 1.82) is 0 Å². The Hall–Kier alpha value is 2.64. The standard InChI is InChI=1S/ClH.4Li.N/h1H;;;;;/q;;;;;+1/p-1. The normalized spacial score (nSPS) is 10.7. The van der Waals surface area contributed by atoms with E-state index in [1.165, 1.54) is 0 Å². The Bertz CT molecular complexity index is 23.0. The van der Waals surface area contributed by atoms with Crippen molar-refractivity contribution in [3.63, 3.8) is 0 Å². The predicted octanol–water partition coefficient (Wildman–Crippen LogP) is -4.86. The van der Waals surface area contributed by atoms with Gasteiger partial charge in [0, 0.05) is 0 Å². The molecule has 0 unspecified atom stereocenters. The van der Waals surface area contributed by atoms with Crippen LogP contribution >= 0.6 is 0 Å². The Balaban J connectivity index is 0. The molecule has 0 atom stereocenters. The number of halogens is 1. The molecule has 1 nitrogen and oxygen atoms in total. The van der Waals surface area contributed by atoms with E-state index in [1.54, 1.807) is 0 Å². The number of hydrogen-bond donors (Lipinski definition) is 0. The van der Waals surface area contributed by atoms with Crippen LogP contribution in [-0.2, 0) is 0 Å². The molecule has 0 amide bonds. The van der Waals surface area contributed by atoms with Crippen LogP contribution in [0.1, 0.15) is 0 Å². The maximum absolute atomic E-state index is 2.12. The zero-order valence-electron chi connectivity index (χ0n) is 4.83. The molecule has 0 spiro atoms. The molecule has 0 bridgehead atoms. The second-order valence-electron chi connectivity index (χ2n) is 2.68. The van der Waals surface area contributed by atoms with Gasteiger partial charge in [0.05, 0.1) is 0 Å². The van der Waals surface area contributed by atoms with Gasteiger partial charge in [-0.05, 0) is 0 Å². The molecular weight excluding hydrogens is 77.2 g/mol. The fourth-order valence-electron chi connectivity index (χ4n) is 0. The zero-order chi connectivity index (χ0) is 4.50. The van der Waals surface area contributed by atoms with E-state index in [1.807, 2.05) is 0 Å². The van der Waals surface area contributed by atoms with Crippen molar-refractivity contribution in [2.75, 3.05) is 0 Å². The molecule has 0 rings (SSSR count). The van der Waals surface area contributed by atoms with Gasteiger partial charge in [-0.25, -0.2) is 0 Å². The van der Waals surface area contributed by atoms with E-state index >= 15 is 0 Å². The average Bonchev–Trinajstić information content (AvgIpc) is 0.722. The fraction of sp³-hybridized carbons (Fsp3) is 0. The summed E-state index contributed by atoms with van der Waals surface area (Å²) in [5.74, 6) is 0. The van der Waals surface area contributed by atoms with Crippen LogP contribution in [-0.4, -0.2) is 71.5 Å². The van der Waals surface area contributed by atoms with Crippen molar-refractivity contribution in [1.82, 2.24) is 0 Å². The molecular formula is ClLi4N. The fourth-order valence-corrected chi connectivity index (χ4v) is 0. The van der Waals surface area contributed by atoms with Crippen molar-refractivity contribution in [3.8, 4) is 0 Å². The van der Waals surface area contributed by atoms with Gasteiger partial charge in [-0.3, -0.25) is 0 Å². The Morgan fingerprint density at radius 2 is 0.833 bits per heavy atom. The van der Waals surface area contributed by atoms with Crippen LogP contribution in [0, 0.1) is 0 Å². The van der Waals surface area contributed by atoms with E-state index in [2.05, 4.69) is 71.8 Å². The van der Waals surface area contributed by atoms with Crippen LogP contribution in [0.3, 0.4) is 0 Å². The van der Waals surface area contributed by atoms with Crippen LogP contribution in [0.2, 0.25) is 0 Å². The first kappa shape index (κ1) is 11.4. The van der Waals surface area contributed by atoms with Gasteiger partial charge in [-0.1, -0.05) is 0 Å². The first-order chi connectivity index (χ1) is 2.00. The summed E-state index contributed by atoms with van der Waals surface area (Å²) >= 11 is 8.50. The second-order valence-corrected chi connectivity index (χ2v) is 2.68. The van der Waals surface area contributed by atoms with Crippen molar-refractivity contribution < 1.29 is 12.1 Å². The Morgan fingerprint density at radius 1 is 0.833 bits per heavy atom. The molecule has 0 aromatic rings. The van der Waals surface area contributed by atoms with Crippen LogP contribution in [0.5, 0.6) is 0 Å². The van der Waals surface area contributed by atoms with Crippen LogP contribution in [0.25, 0.3) is 0 Å². The summed E-state index contributed by atoms with van der Waals surface area (Å²) in [6.07, 6.45) is 0. The summed E-state index contributed by atoms with van der Waals surface area (Å²) in [6.45, 7) is 0. The topological polar surface area (TPSA) is 0 Å². The maximum atomic E-state index is 2.12. The van der Waals surface area contributed by atoms with Crippen molar-refractivity contribution in [2.24, 2.45) is 0 Å². The molecule has 6 heteroatoms. The van der Waals surface area contributed by atoms with E-state index in [0.29, 0.717) is 0 Å². The Kier molecular flexibility index (Phi) is 8.60. The number of quaternary nitrogens is 1. The molecule has 0 saturated heterocycles. The van der Waals surface area contributed by atoms with Crippen molar-refractivity contribution >= 4 is 71.8 Å². The molecule has 0 heterocycles. The van der Waals surface area contributed by atoms with Gasteiger partial charge in [-0.15, -0.1) is 0 Å². The third-order valence-electron chi connectivity index (χ3n) is 0. The van der Waals surface area contributed by atoms with Gasteiger partial charge in [-0.2, -0.15) is 0 Å². The molecule has 0 aliphatic carbocycles. The molecule has 0 aliphatic heterocycles. The zero-order valence-corrected chi connectivity index (χ0v) is 5.58. The second kappa shape index (κ2) is 4.51. The van der Waals surface area contributed by atoms with Crippen molar-refractivity contribution in [3.05, 3.63) is 0 Å². The summed E-state index contributed by atoms with van der Waals surface area (Å²) < 4.78 is 1.00.